The number of fused-ring (bicyclic) bond motifs is 3. The maximum absolute atomic E-state index is 12.3. The molecule has 3 aromatic rings. The topological polar surface area (TPSA) is 55.1 Å². The highest BCUT2D eigenvalue weighted by molar-refractivity contribution is 7.71. The summed E-state index contributed by atoms with van der Waals surface area (Å²) < 4.78 is 4.02. The highest BCUT2D eigenvalue weighted by Gasteiger charge is 2.13. The third-order valence-electron chi connectivity index (χ3n) is 2.67. The number of hydrogen-bond donors (Lipinski definition) is 1. The van der Waals surface area contributed by atoms with Gasteiger partial charge in [-0.3, -0.25) is 9.36 Å². The van der Waals surface area contributed by atoms with Crippen molar-refractivity contribution < 1.29 is 0 Å². The van der Waals surface area contributed by atoms with E-state index in [2.05, 4.69) is 10.2 Å². The summed E-state index contributed by atoms with van der Waals surface area (Å²) >= 11 is 6.70. The molecule has 3 heterocycles. The molecule has 0 saturated heterocycles. The van der Waals surface area contributed by atoms with Gasteiger partial charge >= 0.3 is 0 Å². The van der Waals surface area contributed by atoms with E-state index < -0.39 is 0 Å². The van der Waals surface area contributed by atoms with Crippen molar-refractivity contribution in [1.29, 1.82) is 0 Å². The van der Waals surface area contributed by atoms with Crippen LogP contribution in [0.3, 0.4) is 0 Å². The highest BCUT2D eigenvalue weighted by Crippen LogP contribution is 2.19. The number of H-pyrrole nitrogens is 1. The second-order valence-electron chi connectivity index (χ2n) is 3.76. The van der Waals surface area contributed by atoms with E-state index in [4.69, 9.17) is 12.2 Å². The Morgan fingerprint density at radius 2 is 2.41 bits per heavy atom. The van der Waals surface area contributed by atoms with Crippen molar-refractivity contribution in [3.8, 4) is 0 Å². The Morgan fingerprint density at radius 1 is 1.59 bits per heavy atom. The molecule has 0 amide bonds. The van der Waals surface area contributed by atoms with Crippen LogP contribution in [0.4, 0.5) is 0 Å². The van der Waals surface area contributed by atoms with Crippen LogP contribution in [0, 0.1) is 4.77 Å². The van der Waals surface area contributed by atoms with E-state index >= 15 is 0 Å². The van der Waals surface area contributed by atoms with E-state index in [0.29, 0.717) is 22.5 Å². The van der Waals surface area contributed by atoms with E-state index in [0.717, 1.165) is 11.3 Å². The molecule has 0 aliphatic rings. The molecule has 5 nitrogen and oxygen atoms in total. The van der Waals surface area contributed by atoms with Gasteiger partial charge in [0.25, 0.3) is 5.56 Å². The average molecular weight is 266 g/mol. The fourth-order valence-corrected chi connectivity index (χ4v) is 3.12. The highest BCUT2D eigenvalue weighted by atomic mass is 32.1. The normalized spacial score (nSPS) is 11.6. The van der Waals surface area contributed by atoms with E-state index in [-0.39, 0.29) is 5.56 Å². The van der Waals surface area contributed by atoms with Crippen LogP contribution < -0.4 is 5.56 Å². The minimum atomic E-state index is 0.00426. The Hall–Kier alpha value is -1.47. The van der Waals surface area contributed by atoms with Gasteiger partial charge in [0.1, 0.15) is 4.83 Å². The maximum atomic E-state index is 12.3. The predicted octanol–water partition coefficient (Wildman–Crippen LogP) is 2.18. The number of hydrogen-bond acceptors (Lipinski definition) is 4. The van der Waals surface area contributed by atoms with Crippen molar-refractivity contribution in [3.05, 3.63) is 26.6 Å². The van der Waals surface area contributed by atoms with Crippen LogP contribution in [0.25, 0.3) is 16.0 Å². The summed E-state index contributed by atoms with van der Waals surface area (Å²) in [4.78, 5) is 13.1. The molecule has 1 N–H and O–H groups in total. The smallest absolute Gasteiger partial charge is 0.263 e. The first-order chi connectivity index (χ1) is 8.24. The summed E-state index contributed by atoms with van der Waals surface area (Å²) in [5.74, 6) is 0.594. The number of aryl methyl sites for hydroxylation is 1. The van der Waals surface area contributed by atoms with Gasteiger partial charge in [0, 0.05) is 6.54 Å². The first-order valence-corrected chi connectivity index (χ1v) is 6.60. The Bertz CT molecular complexity index is 807. The second kappa shape index (κ2) is 3.78. The number of aromatic nitrogens is 4. The summed E-state index contributed by atoms with van der Waals surface area (Å²) in [7, 11) is 0. The number of thiophene rings is 1. The molecule has 0 aliphatic carbocycles. The fourth-order valence-electron chi connectivity index (χ4n) is 1.95. The largest absolute Gasteiger partial charge is 0.276 e. The van der Waals surface area contributed by atoms with Crippen LogP contribution in [0.1, 0.15) is 13.3 Å². The minimum Gasteiger partial charge on any atom is -0.276 e. The first kappa shape index (κ1) is 10.7. The number of rotatable bonds is 2. The number of nitrogens with one attached hydrogen (secondary N) is 1. The van der Waals surface area contributed by atoms with Crippen molar-refractivity contribution in [2.75, 3.05) is 0 Å². The lowest BCUT2D eigenvalue weighted by Gasteiger charge is -2.05. The Balaban J connectivity index is 2.63. The molecule has 7 heteroatoms. The van der Waals surface area contributed by atoms with Crippen molar-refractivity contribution in [2.45, 2.75) is 19.9 Å². The van der Waals surface area contributed by atoms with Crippen LogP contribution in [-0.4, -0.2) is 19.2 Å². The van der Waals surface area contributed by atoms with Gasteiger partial charge in [-0.05, 0) is 30.1 Å². The lowest BCUT2D eigenvalue weighted by molar-refractivity contribution is 0.663. The van der Waals surface area contributed by atoms with Gasteiger partial charge in [0.15, 0.2) is 0 Å². The number of nitrogens with zero attached hydrogens (tertiary/aromatic N) is 3. The molecule has 3 aromatic heterocycles. The van der Waals surface area contributed by atoms with Crippen LogP contribution in [-0.2, 0) is 6.54 Å². The van der Waals surface area contributed by atoms with Crippen LogP contribution in [0.15, 0.2) is 16.2 Å². The summed E-state index contributed by atoms with van der Waals surface area (Å²) in [5, 5.41) is 9.49. The van der Waals surface area contributed by atoms with Crippen molar-refractivity contribution in [1.82, 2.24) is 19.2 Å². The molecular weight excluding hydrogens is 256 g/mol. The summed E-state index contributed by atoms with van der Waals surface area (Å²) in [6.45, 7) is 2.68. The quantitative estimate of drug-likeness (QED) is 0.723. The summed E-state index contributed by atoms with van der Waals surface area (Å²) in [5.41, 5.74) is 0.00426. The molecular formula is C10H10N4OS2. The summed E-state index contributed by atoms with van der Waals surface area (Å²) in [6.07, 6.45) is 0.880. The van der Waals surface area contributed by atoms with E-state index in [1.807, 2.05) is 22.8 Å². The fraction of sp³-hybridized carbons (Fsp3) is 0.300. The molecule has 0 aromatic carbocycles. The SMILES string of the molecule is CCCn1c(=O)c2ccsc2n2c(=S)[nH]nc12. The predicted molar refractivity (Wildman–Crippen MR) is 70.3 cm³/mol. The monoisotopic (exact) mass is 266 g/mol. The maximum Gasteiger partial charge on any atom is 0.263 e. The van der Waals surface area contributed by atoms with Crippen molar-refractivity contribution >= 4 is 39.5 Å². The van der Waals surface area contributed by atoms with Gasteiger partial charge in [-0.15, -0.1) is 16.4 Å². The lowest BCUT2D eigenvalue weighted by atomic mass is 10.4. The molecule has 88 valence electrons. The summed E-state index contributed by atoms with van der Waals surface area (Å²) in [6, 6.07) is 1.84. The van der Waals surface area contributed by atoms with Gasteiger partial charge in [-0.25, -0.2) is 9.50 Å². The van der Waals surface area contributed by atoms with Crippen LogP contribution >= 0.6 is 23.6 Å². The first-order valence-electron chi connectivity index (χ1n) is 5.31. The van der Waals surface area contributed by atoms with Crippen LogP contribution in [0.2, 0.25) is 0 Å². The zero-order chi connectivity index (χ0) is 12.0. The third kappa shape index (κ3) is 1.39. The Labute approximate surface area is 105 Å². The molecule has 0 unspecified atom stereocenters. The van der Waals surface area contributed by atoms with Gasteiger partial charge in [-0.1, -0.05) is 6.92 Å². The van der Waals surface area contributed by atoms with Crippen LogP contribution in [0.5, 0.6) is 0 Å². The average Bonchev–Trinajstić information content (AvgIpc) is 2.90. The third-order valence-corrected chi connectivity index (χ3v) is 3.84. The molecule has 0 spiro atoms. The second-order valence-corrected chi connectivity index (χ2v) is 5.04. The molecule has 3 rings (SSSR count). The Morgan fingerprint density at radius 3 is 3.18 bits per heavy atom. The van der Waals surface area contributed by atoms with E-state index in [1.165, 1.54) is 11.3 Å². The zero-order valence-corrected chi connectivity index (χ0v) is 10.8. The minimum absolute atomic E-state index is 0.00426. The van der Waals surface area contributed by atoms with Crippen molar-refractivity contribution in [2.24, 2.45) is 0 Å². The van der Waals surface area contributed by atoms with E-state index in [1.54, 1.807) is 4.57 Å². The molecule has 0 aliphatic heterocycles. The molecule has 0 saturated carbocycles. The lowest BCUT2D eigenvalue weighted by Crippen LogP contribution is -2.22. The molecule has 0 fully saturated rings. The molecule has 0 bridgehead atoms. The van der Waals surface area contributed by atoms with Crippen molar-refractivity contribution in [3.63, 3.8) is 0 Å². The number of aromatic amines is 1. The Kier molecular flexibility index (Phi) is 2.37. The van der Waals surface area contributed by atoms with Gasteiger partial charge in [-0.2, -0.15) is 0 Å². The molecule has 0 atom stereocenters. The zero-order valence-electron chi connectivity index (χ0n) is 9.14. The standard InChI is InChI=1S/C10H10N4OS2/c1-2-4-13-7(15)6-3-5-17-8(6)14-9(13)11-12-10(14)16/h3,5H,2,4H2,1H3,(H,12,16). The van der Waals surface area contributed by atoms with E-state index in [9.17, 15) is 4.79 Å². The van der Waals surface area contributed by atoms with Gasteiger partial charge < -0.3 is 0 Å². The molecule has 0 radical (unpaired) electrons. The van der Waals surface area contributed by atoms with Gasteiger partial charge in [0.2, 0.25) is 10.5 Å². The van der Waals surface area contributed by atoms with Gasteiger partial charge in [0.05, 0.1) is 5.39 Å². The molecule has 17 heavy (non-hydrogen) atoms.